The summed E-state index contributed by atoms with van der Waals surface area (Å²) in [7, 11) is 1.58. The van der Waals surface area contributed by atoms with E-state index >= 15 is 0 Å². The number of rotatable bonds is 1. The maximum absolute atomic E-state index is 12.9. The molecule has 0 aliphatic heterocycles. The van der Waals surface area contributed by atoms with Gasteiger partial charge in [0.05, 0.1) is 12.2 Å². The van der Waals surface area contributed by atoms with Crippen LogP contribution in [0.2, 0.25) is 0 Å². The Bertz CT molecular complexity index is 678. The predicted molar refractivity (Wildman–Crippen MR) is 75.7 cm³/mol. The lowest BCUT2D eigenvalue weighted by Crippen LogP contribution is -2.40. The molecule has 4 atom stereocenters. The van der Waals surface area contributed by atoms with Crippen LogP contribution in [0.15, 0.2) is 12.1 Å². The van der Waals surface area contributed by atoms with Gasteiger partial charge in [-0.15, -0.1) is 0 Å². The second-order valence-corrected chi connectivity index (χ2v) is 6.60. The van der Waals surface area contributed by atoms with Crippen LogP contribution in [0.25, 0.3) is 0 Å². The Balaban J connectivity index is 1.97. The summed E-state index contributed by atoms with van der Waals surface area (Å²) < 4.78 is 5.52. The van der Waals surface area contributed by atoms with Crippen molar-refractivity contribution in [2.24, 2.45) is 5.92 Å². The molecule has 1 aromatic rings. The Morgan fingerprint density at radius 1 is 1.29 bits per heavy atom. The van der Waals surface area contributed by atoms with Crippen LogP contribution in [0, 0.1) is 5.92 Å². The average molecular weight is 286 g/mol. The third kappa shape index (κ3) is 1.37. The van der Waals surface area contributed by atoms with Gasteiger partial charge in [0.1, 0.15) is 0 Å². The Kier molecular flexibility index (Phi) is 2.52. The van der Waals surface area contributed by atoms with Gasteiger partial charge in [0.15, 0.2) is 11.6 Å². The average Bonchev–Trinajstić information content (AvgIpc) is 3.02. The van der Waals surface area contributed by atoms with Gasteiger partial charge in [0.2, 0.25) is 0 Å². The molecule has 1 aromatic carbocycles. The number of ether oxygens (including phenoxy) is 1. The number of Topliss-reactive ketones (excluding diaryl/α,β-unsaturated/α-hetero) is 2. The molecular weight excluding hydrogens is 268 g/mol. The number of fused-ring (bicyclic) bond motifs is 5. The zero-order chi connectivity index (χ0) is 14.9. The SMILES string of the molecule is CO[C@H]1[C@@H](O)C[C@H]2C(=O)c3c(ccc4c3CCC4=O)[C@]21C. The normalized spacial score (nSPS) is 36.8. The van der Waals surface area contributed by atoms with Crippen molar-refractivity contribution in [3.8, 4) is 0 Å². The number of aliphatic hydroxyl groups is 1. The minimum Gasteiger partial charge on any atom is -0.390 e. The van der Waals surface area contributed by atoms with Crippen molar-refractivity contribution in [3.05, 3.63) is 34.4 Å². The molecule has 1 N–H and O–H groups in total. The Hall–Kier alpha value is -1.52. The predicted octanol–water partition coefficient (Wildman–Crippen LogP) is 1.67. The first-order valence-electron chi connectivity index (χ1n) is 7.44. The van der Waals surface area contributed by atoms with Crippen molar-refractivity contribution in [2.45, 2.75) is 43.8 Å². The molecular formula is C17H18O4. The number of methoxy groups -OCH3 is 1. The number of ketones is 2. The fraction of sp³-hybridized carbons (Fsp3) is 0.529. The van der Waals surface area contributed by atoms with E-state index in [1.165, 1.54) is 0 Å². The minimum atomic E-state index is -0.614. The molecule has 110 valence electrons. The molecule has 4 nitrogen and oxygen atoms in total. The largest absolute Gasteiger partial charge is 0.390 e. The molecule has 0 unspecified atom stereocenters. The standard InChI is InChI=1S/C17H18O4/c1-17-10-5-3-8-9(4-6-12(8)18)14(10)15(20)11(17)7-13(19)16(17)21-2/h3,5,11,13,16,19H,4,6-7H2,1-2H3/t11-,13-,16-,17+/m0/s1. The summed E-state index contributed by atoms with van der Waals surface area (Å²) in [5, 5.41) is 10.2. The van der Waals surface area contributed by atoms with E-state index in [2.05, 4.69) is 0 Å². The van der Waals surface area contributed by atoms with Crippen molar-refractivity contribution >= 4 is 11.6 Å². The molecule has 3 aliphatic rings. The van der Waals surface area contributed by atoms with E-state index in [1.54, 1.807) is 7.11 Å². The van der Waals surface area contributed by atoms with E-state index in [9.17, 15) is 14.7 Å². The van der Waals surface area contributed by atoms with Gasteiger partial charge in [-0.3, -0.25) is 9.59 Å². The topological polar surface area (TPSA) is 63.6 Å². The zero-order valence-electron chi connectivity index (χ0n) is 12.2. The van der Waals surface area contributed by atoms with Gasteiger partial charge >= 0.3 is 0 Å². The van der Waals surface area contributed by atoms with Crippen LogP contribution in [0.1, 0.15) is 51.6 Å². The molecule has 4 heteroatoms. The monoisotopic (exact) mass is 286 g/mol. The van der Waals surface area contributed by atoms with E-state index in [-0.39, 0.29) is 23.6 Å². The fourth-order valence-electron chi connectivity index (χ4n) is 4.78. The van der Waals surface area contributed by atoms with E-state index in [0.29, 0.717) is 24.8 Å². The van der Waals surface area contributed by atoms with E-state index in [4.69, 9.17) is 4.74 Å². The maximum Gasteiger partial charge on any atom is 0.167 e. The summed E-state index contributed by atoms with van der Waals surface area (Å²) in [5.74, 6) is -0.0292. The Morgan fingerprint density at radius 3 is 2.76 bits per heavy atom. The van der Waals surface area contributed by atoms with Gasteiger partial charge in [0.25, 0.3) is 0 Å². The summed E-state index contributed by atoms with van der Waals surface area (Å²) in [4.78, 5) is 24.8. The van der Waals surface area contributed by atoms with Gasteiger partial charge in [0, 0.05) is 36.0 Å². The van der Waals surface area contributed by atoms with Gasteiger partial charge < -0.3 is 9.84 Å². The molecule has 1 fully saturated rings. The van der Waals surface area contributed by atoms with Crippen LogP contribution in [-0.4, -0.2) is 36.0 Å². The Labute approximate surface area is 123 Å². The van der Waals surface area contributed by atoms with Gasteiger partial charge in [-0.1, -0.05) is 19.1 Å². The highest BCUT2D eigenvalue weighted by Crippen LogP contribution is 2.55. The summed E-state index contributed by atoms with van der Waals surface area (Å²) in [5.41, 5.74) is 2.83. The first-order chi connectivity index (χ1) is 10.00. The Morgan fingerprint density at radius 2 is 2.05 bits per heavy atom. The first-order valence-corrected chi connectivity index (χ1v) is 7.44. The number of benzene rings is 1. The highest BCUT2D eigenvalue weighted by molar-refractivity contribution is 6.10. The number of carbonyl (C=O) groups excluding carboxylic acids is 2. The van der Waals surface area contributed by atoms with Crippen molar-refractivity contribution in [1.82, 2.24) is 0 Å². The van der Waals surface area contributed by atoms with Crippen LogP contribution in [-0.2, 0) is 16.6 Å². The highest BCUT2D eigenvalue weighted by Gasteiger charge is 2.61. The summed E-state index contributed by atoms with van der Waals surface area (Å²) >= 11 is 0. The molecule has 0 aromatic heterocycles. The first kappa shape index (κ1) is 13.2. The summed E-state index contributed by atoms with van der Waals surface area (Å²) in [6.07, 6.45) is 0.605. The molecule has 0 amide bonds. The van der Waals surface area contributed by atoms with Crippen LogP contribution < -0.4 is 0 Å². The van der Waals surface area contributed by atoms with E-state index in [1.807, 2.05) is 19.1 Å². The maximum atomic E-state index is 12.9. The summed E-state index contributed by atoms with van der Waals surface area (Å²) in [6.45, 7) is 2.01. The fourth-order valence-corrected chi connectivity index (χ4v) is 4.78. The lowest BCUT2D eigenvalue weighted by Gasteiger charge is -2.32. The zero-order valence-corrected chi connectivity index (χ0v) is 12.2. The molecule has 4 rings (SSSR count). The number of aliphatic hydroxyl groups excluding tert-OH is 1. The smallest absolute Gasteiger partial charge is 0.167 e. The van der Waals surface area contributed by atoms with Crippen molar-refractivity contribution in [3.63, 3.8) is 0 Å². The quantitative estimate of drug-likeness (QED) is 0.853. The third-order valence-corrected chi connectivity index (χ3v) is 5.75. The molecule has 21 heavy (non-hydrogen) atoms. The molecule has 3 aliphatic carbocycles. The van der Waals surface area contributed by atoms with Crippen LogP contribution in [0.3, 0.4) is 0 Å². The molecule has 0 radical (unpaired) electrons. The lowest BCUT2D eigenvalue weighted by atomic mass is 9.76. The van der Waals surface area contributed by atoms with Crippen LogP contribution in [0.5, 0.6) is 0 Å². The van der Waals surface area contributed by atoms with E-state index in [0.717, 1.165) is 16.7 Å². The van der Waals surface area contributed by atoms with Gasteiger partial charge in [-0.25, -0.2) is 0 Å². The minimum absolute atomic E-state index is 0.0812. The molecule has 0 bridgehead atoms. The highest BCUT2D eigenvalue weighted by atomic mass is 16.5. The van der Waals surface area contributed by atoms with Gasteiger partial charge in [-0.2, -0.15) is 0 Å². The summed E-state index contributed by atoms with van der Waals surface area (Å²) in [6, 6.07) is 3.75. The number of hydrogen-bond donors (Lipinski definition) is 1. The number of carbonyl (C=O) groups is 2. The van der Waals surface area contributed by atoms with Crippen LogP contribution in [0.4, 0.5) is 0 Å². The second kappa shape index (κ2) is 4.02. The van der Waals surface area contributed by atoms with Crippen molar-refractivity contribution < 1.29 is 19.4 Å². The molecule has 1 saturated carbocycles. The second-order valence-electron chi connectivity index (χ2n) is 6.60. The third-order valence-electron chi connectivity index (χ3n) is 5.75. The molecule has 0 saturated heterocycles. The van der Waals surface area contributed by atoms with E-state index < -0.39 is 11.5 Å². The molecule has 0 heterocycles. The van der Waals surface area contributed by atoms with Crippen molar-refractivity contribution in [1.29, 1.82) is 0 Å². The van der Waals surface area contributed by atoms with Crippen LogP contribution >= 0.6 is 0 Å². The number of hydrogen-bond acceptors (Lipinski definition) is 4. The van der Waals surface area contributed by atoms with Crippen molar-refractivity contribution in [2.75, 3.05) is 7.11 Å². The van der Waals surface area contributed by atoms with Gasteiger partial charge in [-0.05, 0) is 24.0 Å². The molecule has 0 spiro atoms. The lowest BCUT2D eigenvalue weighted by molar-refractivity contribution is -0.0212.